The first kappa shape index (κ1) is 22.5. The minimum atomic E-state index is -0.539. The van der Waals surface area contributed by atoms with Gasteiger partial charge in [-0.05, 0) is 50.5 Å². The van der Waals surface area contributed by atoms with Gasteiger partial charge in [0.2, 0.25) is 0 Å². The molecule has 0 amide bonds. The quantitative estimate of drug-likeness (QED) is 0.134. The van der Waals surface area contributed by atoms with Gasteiger partial charge in [0.15, 0.2) is 0 Å². The number of carbonyl (C=O) groups is 2. The normalized spacial score (nSPS) is 22.5. The molecule has 0 heterocycles. The number of rotatable bonds is 13. The number of nitrogens with zero attached hydrogens (tertiary/aromatic N) is 3. The first-order chi connectivity index (χ1) is 12.6. The standard InChI is InChI=1S/C20H35N3O3/c1-3-5-6-7-11-18(24)13-12-17-10-8-9-15-20(17,22-23-21)16-14-19(25)26-4-2/h17H,3-16H2,1-2H3/t17-,20+/m0/s1. The average Bonchev–Trinajstić information content (AvgIpc) is 2.63. The molecule has 26 heavy (non-hydrogen) atoms. The van der Waals surface area contributed by atoms with Gasteiger partial charge in [-0.15, -0.1) is 0 Å². The van der Waals surface area contributed by atoms with E-state index in [1.165, 1.54) is 12.8 Å². The Labute approximate surface area is 157 Å². The fourth-order valence-electron chi connectivity index (χ4n) is 4.07. The van der Waals surface area contributed by atoms with E-state index in [-0.39, 0.29) is 18.3 Å². The minimum Gasteiger partial charge on any atom is -0.466 e. The molecule has 0 aromatic carbocycles. The van der Waals surface area contributed by atoms with Crippen molar-refractivity contribution in [2.75, 3.05) is 6.61 Å². The van der Waals surface area contributed by atoms with Gasteiger partial charge in [0, 0.05) is 24.2 Å². The number of ketones is 1. The van der Waals surface area contributed by atoms with E-state index >= 15 is 0 Å². The van der Waals surface area contributed by atoms with Crippen molar-refractivity contribution >= 4 is 11.8 Å². The summed E-state index contributed by atoms with van der Waals surface area (Å²) >= 11 is 0. The summed E-state index contributed by atoms with van der Waals surface area (Å²) in [6, 6.07) is 0. The summed E-state index contributed by atoms with van der Waals surface area (Å²) in [6.07, 6.45) is 11.1. The number of Topliss-reactive ketones (excluding diaryl/α,β-unsaturated/α-hetero) is 1. The first-order valence-corrected chi connectivity index (χ1v) is 10.3. The maximum atomic E-state index is 12.2. The molecule has 1 aliphatic rings. The molecule has 0 spiro atoms. The van der Waals surface area contributed by atoms with Gasteiger partial charge in [0.1, 0.15) is 5.78 Å². The molecule has 0 unspecified atom stereocenters. The van der Waals surface area contributed by atoms with Crippen LogP contribution >= 0.6 is 0 Å². The lowest BCUT2D eigenvalue weighted by Crippen LogP contribution is -2.39. The summed E-state index contributed by atoms with van der Waals surface area (Å²) in [5, 5.41) is 4.15. The van der Waals surface area contributed by atoms with Crippen LogP contribution in [0, 0.1) is 5.92 Å². The second kappa shape index (κ2) is 12.7. The van der Waals surface area contributed by atoms with E-state index < -0.39 is 5.54 Å². The third-order valence-corrected chi connectivity index (χ3v) is 5.56. The fourth-order valence-corrected chi connectivity index (χ4v) is 4.07. The lowest BCUT2D eigenvalue weighted by atomic mass is 9.69. The van der Waals surface area contributed by atoms with E-state index in [2.05, 4.69) is 16.9 Å². The Bertz CT molecular complexity index is 489. The highest BCUT2D eigenvalue weighted by Gasteiger charge is 2.40. The van der Waals surface area contributed by atoms with Crippen LogP contribution in [0.4, 0.5) is 0 Å². The van der Waals surface area contributed by atoms with Gasteiger partial charge in [-0.25, -0.2) is 0 Å². The number of hydrogen-bond acceptors (Lipinski definition) is 4. The highest BCUT2D eigenvalue weighted by Crippen LogP contribution is 2.43. The third kappa shape index (κ3) is 7.77. The van der Waals surface area contributed by atoms with E-state index in [1.807, 2.05) is 0 Å². The van der Waals surface area contributed by atoms with Crippen LogP contribution in [0.3, 0.4) is 0 Å². The van der Waals surface area contributed by atoms with Crippen molar-refractivity contribution in [3.63, 3.8) is 0 Å². The monoisotopic (exact) mass is 365 g/mol. The SMILES string of the molecule is CCCCCCC(=O)CC[C@@H]1CCCC[C@]1(CCC(=O)OCC)N=[N+]=[N-]. The Balaban J connectivity index is 2.61. The lowest BCUT2D eigenvalue weighted by molar-refractivity contribution is -0.143. The molecule has 0 aromatic heterocycles. The second-order valence-corrected chi connectivity index (χ2v) is 7.43. The van der Waals surface area contributed by atoms with Crippen LogP contribution in [0.25, 0.3) is 10.4 Å². The maximum absolute atomic E-state index is 12.2. The van der Waals surface area contributed by atoms with Gasteiger partial charge in [0.05, 0.1) is 12.1 Å². The van der Waals surface area contributed by atoms with Crippen molar-refractivity contribution < 1.29 is 14.3 Å². The molecule has 0 N–H and O–H groups in total. The molecule has 6 nitrogen and oxygen atoms in total. The summed E-state index contributed by atoms with van der Waals surface area (Å²) in [7, 11) is 0. The number of ether oxygens (including phenoxy) is 1. The maximum Gasteiger partial charge on any atom is 0.305 e. The number of azide groups is 1. The second-order valence-electron chi connectivity index (χ2n) is 7.43. The van der Waals surface area contributed by atoms with Gasteiger partial charge < -0.3 is 4.74 Å². The Morgan fingerprint density at radius 2 is 1.96 bits per heavy atom. The predicted octanol–water partition coefficient (Wildman–Crippen LogP) is 5.89. The van der Waals surface area contributed by atoms with Crippen molar-refractivity contribution in [3.8, 4) is 0 Å². The zero-order valence-corrected chi connectivity index (χ0v) is 16.5. The summed E-state index contributed by atoms with van der Waals surface area (Å²) in [4.78, 5) is 27.0. The molecular weight excluding hydrogens is 330 g/mol. The highest BCUT2D eigenvalue weighted by atomic mass is 16.5. The molecule has 0 aromatic rings. The molecule has 0 radical (unpaired) electrons. The van der Waals surface area contributed by atoms with Crippen LogP contribution in [0.15, 0.2) is 5.11 Å². The molecule has 1 aliphatic carbocycles. The van der Waals surface area contributed by atoms with E-state index in [4.69, 9.17) is 10.3 Å². The zero-order chi connectivity index (χ0) is 19.3. The Morgan fingerprint density at radius 1 is 1.15 bits per heavy atom. The first-order valence-electron chi connectivity index (χ1n) is 10.3. The van der Waals surface area contributed by atoms with Gasteiger partial charge >= 0.3 is 5.97 Å². The van der Waals surface area contributed by atoms with Crippen LogP contribution in [0.2, 0.25) is 0 Å². The summed E-state index contributed by atoms with van der Waals surface area (Å²) in [6.45, 7) is 4.32. The zero-order valence-electron chi connectivity index (χ0n) is 16.5. The smallest absolute Gasteiger partial charge is 0.305 e. The molecule has 1 saturated carbocycles. The van der Waals surface area contributed by atoms with E-state index in [9.17, 15) is 9.59 Å². The van der Waals surface area contributed by atoms with E-state index in [0.717, 1.165) is 44.9 Å². The van der Waals surface area contributed by atoms with Crippen molar-refractivity contribution in [2.24, 2.45) is 11.0 Å². The molecular formula is C20H35N3O3. The molecule has 148 valence electrons. The van der Waals surface area contributed by atoms with E-state index in [1.54, 1.807) is 6.92 Å². The van der Waals surface area contributed by atoms with Gasteiger partial charge in [0.25, 0.3) is 0 Å². The molecule has 0 bridgehead atoms. The van der Waals surface area contributed by atoms with Crippen LogP contribution in [0.1, 0.15) is 97.3 Å². The number of hydrogen-bond donors (Lipinski definition) is 0. The highest BCUT2D eigenvalue weighted by molar-refractivity contribution is 5.78. The van der Waals surface area contributed by atoms with Crippen molar-refractivity contribution in [1.29, 1.82) is 0 Å². The van der Waals surface area contributed by atoms with E-state index in [0.29, 0.717) is 31.7 Å². The molecule has 2 atom stereocenters. The van der Waals surface area contributed by atoms with Crippen LogP contribution in [0.5, 0.6) is 0 Å². The molecule has 0 saturated heterocycles. The number of esters is 1. The predicted molar refractivity (Wildman–Crippen MR) is 103 cm³/mol. The van der Waals surface area contributed by atoms with Gasteiger partial charge in [-0.2, -0.15) is 0 Å². The van der Waals surface area contributed by atoms with Gasteiger partial charge in [-0.1, -0.05) is 44.1 Å². The third-order valence-electron chi connectivity index (χ3n) is 5.56. The van der Waals surface area contributed by atoms with Crippen molar-refractivity contribution in [1.82, 2.24) is 0 Å². The molecule has 6 heteroatoms. The van der Waals surface area contributed by atoms with Crippen LogP contribution < -0.4 is 0 Å². The molecule has 1 rings (SSSR count). The van der Waals surface area contributed by atoms with Crippen molar-refractivity contribution in [3.05, 3.63) is 10.4 Å². The van der Waals surface area contributed by atoms with Gasteiger partial charge in [-0.3, -0.25) is 9.59 Å². The topological polar surface area (TPSA) is 92.1 Å². The van der Waals surface area contributed by atoms with Crippen LogP contribution in [-0.4, -0.2) is 23.9 Å². The number of carbonyl (C=O) groups excluding carboxylic acids is 2. The molecule has 0 aliphatic heterocycles. The summed E-state index contributed by atoms with van der Waals surface area (Å²) in [5.74, 6) is 0.254. The van der Waals surface area contributed by atoms with Crippen molar-refractivity contribution in [2.45, 2.75) is 103 Å². The lowest BCUT2D eigenvalue weighted by Gasteiger charge is -2.41. The Hall–Kier alpha value is -1.55. The minimum absolute atomic E-state index is 0.182. The summed E-state index contributed by atoms with van der Waals surface area (Å²) < 4.78 is 5.03. The van der Waals surface area contributed by atoms with Crippen LogP contribution in [-0.2, 0) is 14.3 Å². The Kier molecular flexibility index (Phi) is 11.0. The average molecular weight is 366 g/mol. The molecule has 1 fully saturated rings. The number of unbranched alkanes of at least 4 members (excludes halogenated alkanes) is 3. The largest absolute Gasteiger partial charge is 0.466 e. The Morgan fingerprint density at radius 3 is 2.65 bits per heavy atom. The fraction of sp³-hybridized carbons (Fsp3) is 0.900. The summed E-state index contributed by atoms with van der Waals surface area (Å²) in [5.41, 5.74) is 8.55.